The van der Waals surface area contributed by atoms with Crippen molar-refractivity contribution in [3.05, 3.63) is 102 Å². The number of rotatable bonds is 7. The highest BCUT2D eigenvalue weighted by molar-refractivity contribution is 6.12. The van der Waals surface area contributed by atoms with E-state index in [1.54, 1.807) is 60.7 Å². The van der Waals surface area contributed by atoms with Crippen molar-refractivity contribution in [1.29, 1.82) is 0 Å². The van der Waals surface area contributed by atoms with Crippen molar-refractivity contribution in [2.45, 2.75) is 44.2 Å². The number of benzene rings is 3. The molecule has 0 saturated carbocycles. The van der Waals surface area contributed by atoms with Gasteiger partial charge in [0.25, 0.3) is 5.91 Å². The Labute approximate surface area is 233 Å². The molecule has 41 heavy (non-hydrogen) atoms. The van der Waals surface area contributed by atoms with Gasteiger partial charge in [0, 0.05) is 30.6 Å². The molecule has 1 amide bonds. The van der Waals surface area contributed by atoms with Crippen molar-refractivity contribution in [3.63, 3.8) is 0 Å². The van der Waals surface area contributed by atoms with Crippen molar-refractivity contribution < 1.29 is 37.0 Å². The number of nitrogens with zero attached hydrogens (tertiary/aromatic N) is 1. The van der Waals surface area contributed by atoms with Gasteiger partial charge in [0.15, 0.2) is 0 Å². The predicted molar refractivity (Wildman–Crippen MR) is 144 cm³/mol. The summed E-state index contributed by atoms with van der Waals surface area (Å²) in [5.41, 5.74) is -0.768. The van der Waals surface area contributed by atoms with Crippen molar-refractivity contribution in [2.75, 3.05) is 5.32 Å². The second-order valence-corrected chi connectivity index (χ2v) is 9.78. The van der Waals surface area contributed by atoms with Crippen LogP contribution < -0.4 is 5.32 Å². The molecule has 5 rings (SSSR count). The van der Waals surface area contributed by atoms with E-state index in [0.717, 1.165) is 16.7 Å². The molecule has 4 aromatic rings. The highest BCUT2D eigenvalue weighted by atomic mass is 19.4. The lowest BCUT2D eigenvalue weighted by molar-refractivity contribution is -0.161. The standard InChI is InChI=1S/C31H26F4N2O4/c32-21-13-11-20(12-14-21)28-26(19-7-3-1-4-8-19)27(30(40)36-22-9-5-2-6-10-22)29(31(33,34)35)37(28)16-15-24-17-23(38)18-25(39)41-24/h1-14,23-24,38H,15-18H2,(H,36,40)/t23-,24-/m0/s1. The highest BCUT2D eigenvalue weighted by Gasteiger charge is 2.44. The molecule has 2 atom stereocenters. The van der Waals surface area contributed by atoms with E-state index in [1.807, 2.05) is 0 Å². The topological polar surface area (TPSA) is 80.6 Å². The maximum atomic E-state index is 15.0. The molecule has 1 aliphatic rings. The minimum absolute atomic E-state index is 0.0265. The molecule has 10 heteroatoms. The number of hydrogen-bond acceptors (Lipinski definition) is 4. The van der Waals surface area contributed by atoms with Crippen molar-refractivity contribution in [2.24, 2.45) is 0 Å². The summed E-state index contributed by atoms with van der Waals surface area (Å²) in [5, 5.41) is 12.6. The molecule has 0 aliphatic carbocycles. The molecule has 2 N–H and O–H groups in total. The van der Waals surface area contributed by atoms with Crippen LogP contribution in [-0.2, 0) is 22.3 Å². The first-order valence-corrected chi connectivity index (χ1v) is 13.0. The number of nitrogens with one attached hydrogen (secondary N) is 1. The summed E-state index contributed by atoms with van der Waals surface area (Å²) in [6.07, 6.45) is -6.92. The lowest BCUT2D eigenvalue weighted by Gasteiger charge is -2.27. The number of aromatic nitrogens is 1. The quantitative estimate of drug-likeness (QED) is 0.193. The van der Waals surface area contributed by atoms with E-state index in [2.05, 4.69) is 5.32 Å². The third-order valence-corrected chi connectivity index (χ3v) is 6.88. The molecule has 0 spiro atoms. The third-order valence-electron chi connectivity index (χ3n) is 6.88. The zero-order valence-electron chi connectivity index (χ0n) is 21.7. The molecule has 0 radical (unpaired) electrons. The first-order chi connectivity index (χ1) is 19.6. The number of carbonyl (C=O) groups excluding carboxylic acids is 2. The molecule has 3 aromatic carbocycles. The highest BCUT2D eigenvalue weighted by Crippen LogP contribution is 2.46. The lowest BCUT2D eigenvalue weighted by atomic mass is 9.96. The molecule has 0 unspecified atom stereocenters. The Morgan fingerprint density at radius 3 is 2.20 bits per heavy atom. The smallest absolute Gasteiger partial charge is 0.432 e. The average Bonchev–Trinajstić information content (AvgIpc) is 3.29. The van der Waals surface area contributed by atoms with E-state index in [9.17, 15) is 19.1 Å². The number of alkyl halides is 3. The summed E-state index contributed by atoms with van der Waals surface area (Å²) in [7, 11) is 0. The minimum atomic E-state index is -4.98. The van der Waals surface area contributed by atoms with Gasteiger partial charge >= 0.3 is 12.1 Å². The summed E-state index contributed by atoms with van der Waals surface area (Å²) in [5.74, 6) is -2.18. The van der Waals surface area contributed by atoms with Gasteiger partial charge in [-0.1, -0.05) is 48.5 Å². The fourth-order valence-corrected chi connectivity index (χ4v) is 5.18. The van der Waals surface area contributed by atoms with E-state index >= 15 is 13.2 Å². The van der Waals surface area contributed by atoms with Crippen molar-refractivity contribution >= 4 is 17.6 Å². The van der Waals surface area contributed by atoms with Crippen LogP contribution >= 0.6 is 0 Å². The Bertz CT molecular complexity index is 1530. The normalized spacial score (nSPS) is 17.2. The second-order valence-electron chi connectivity index (χ2n) is 9.78. The average molecular weight is 567 g/mol. The van der Waals surface area contributed by atoms with Gasteiger partial charge in [-0.05, 0) is 47.5 Å². The lowest BCUT2D eigenvalue weighted by Crippen LogP contribution is -2.33. The number of amides is 1. The Balaban J connectivity index is 1.74. The van der Waals surface area contributed by atoms with Crippen LogP contribution in [0.2, 0.25) is 0 Å². The number of hydrogen-bond donors (Lipinski definition) is 2. The van der Waals surface area contributed by atoms with E-state index in [4.69, 9.17) is 4.74 Å². The van der Waals surface area contributed by atoms with Gasteiger partial charge in [0.1, 0.15) is 17.6 Å². The van der Waals surface area contributed by atoms with Crippen LogP contribution in [0.15, 0.2) is 84.9 Å². The summed E-state index contributed by atoms with van der Waals surface area (Å²) in [6.45, 7) is -0.301. The summed E-state index contributed by atoms with van der Waals surface area (Å²) >= 11 is 0. The van der Waals surface area contributed by atoms with Crippen LogP contribution in [0.4, 0.5) is 23.2 Å². The van der Waals surface area contributed by atoms with E-state index in [1.165, 1.54) is 12.1 Å². The number of aliphatic hydroxyl groups is 1. The van der Waals surface area contributed by atoms with E-state index in [0.29, 0.717) is 11.3 Å². The van der Waals surface area contributed by atoms with Gasteiger partial charge in [-0.25, -0.2) is 4.39 Å². The number of ether oxygens (including phenoxy) is 1. The first kappa shape index (κ1) is 28.1. The maximum absolute atomic E-state index is 15.0. The molecular weight excluding hydrogens is 540 g/mol. The molecule has 212 valence electrons. The SMILES string of the molecule is O=C1C[C@@H](O)C[C@H](CCn2c(-c3ccc(F)cc3)c(-c3ccccc3)c(C(=O)Nc3ccccc3)c2C(F)(F)F)O1. The number of cyclic esters (lactones) is 1. The molecule has 0 bridgehead atoms. The van der Waals surface area contributed by atoms with Crippen LogP contribution in [0.25, 0.3) is 22.4 Å². The number of esters is 1. The summed E-state index contributed by atoms with van der Waals surface area (Å²) in [4.78, 5) is 25.6. The van der Waals surface area contributed by atoms with Crippen molar-refractivity contribution in [1.82, 2.24) is 4.57 Å². The Morgan fingerprint density at radius 1 is 0.951 bits per heavy atom. The van der Waals surface area contributed by atoms with Crippen LogP contribution in [-0.4, -0.2) is 33.8 Å². The van der Waals surface area contributed by atoms with Gasteiger partial charge in [0.05, 0.1) is 23.8 Å². The zero-order valence-corrected chi connectivity index (χ0v) is 21.7. The van der Waals surface area contributed by atoms with Crippen molar-refractivity contribution in [3.8, 4) is 22.4 Å². The van der Waals surface area contributed by atoms with E-state index < -0.39 is 47.3 Å². The monoisotopic (exact) mass is 566 g/mol. The predicted octanol–water partition coefficient (Wildman–Crippen LogP) is 6.69. The van der Waals surface area contributed by atoms with Gasteiger partial charge in [-0.2, -0.15) is 13.2 Å². The molecular formula is C31H26F4N2O4. The van der Waals surface area contributed by atoms with Crippen LogP contribution in [0.3, 0.4) is 0 Å². The molecule has 1 aromatic heterocycles. The molecule has 6 nitrogen and oxygen atoms in total. The largest absolute Gasteiger partial charge is 0.462 e. The van der Waals surface area contributed by atoms with Gasteiger partial charge in [-0.3, -0.25) is 9.59 Å². The van der Waals surface area contributed by atoms with Gasteiger partial charge in [-0.15, -0.1) is 0 Å². The molecule has 2 heterocycles. The minimum Gasteiger partial charge on any atom is -0.462 e. The number of carbonyl (C=O) groups is 2. The molecule has 1 saturated heterocycles. The summed E-state index contributed by atoms with van der Waals surface area (Å²) in [6, 6.07) is 21.3. The Hall–Kier alpha value is -4.44. The van der Waals surface area contributed by atoms with Crippen LogP contribution in [0.5, 0.6) is 0 Å². The fourth-order valence-electron chi connectivity index (χ4n) is 5.18. The van der Waals surface area contributed by atoms with Gasteiger partial charge < -0.3 is 19.7 Å². The Morgan fingerprint density at radius 2 is 1.59 bits per heavy atom. The van der Waals surface area contributed by atoms with Gasteiger partial charge in [0.2, 0.25) is 0 Å². The number of para-hydroxylation sites is 1. The fraction of sp³-hybridized carbons (Fsp3) is 0.226. The van der Waals surface area contributed by atoms with Crippen LogP contribution in [0, 0.1) is 5.82 Å². The maximum Gasteiger partial charge on any atom is 0.432 e. The Kier molecular flexibility index (Phi) is 7.94. The third kappa shape index (κ3) is 6.17. The number of halogens is 4. The summed E-state index contributed by atoms with van der Waals surface area (Å²) < 4.78 is 65.2. The molecule has 1 fully saturated rings. The van der Waals surface area contributed by atoms with Crippen LogP contribution in [0.1, 0.15) is 35.3 Å². The number of aliphatic hydroxyl groups excluding tert-OH is 1. The number of anilines is 1. The zero-order chi connectivity index (χ0) is 29.1. The first-order valence-electron chi connectivity index (χ1n) is 13.0. The second kappa shape index (κ2) is 11.6. The van der Waals surface area contributed by atoms with E-state index in [-0.39, 0.29) is 42.6 Å². The molecule has 1 aliphatic heterocycles.